The Labute approximate surface area is 121 Å². The van der Waals surface area contributed by atoms with Crippen molar-refractivity contribution in [2.45, 2.75) is 46.1 Å². The van der Waals surface area contributed by atoms with Gasteiger partial charge in [-0.15, -0.1) is 0 Å². The van der Waals surface area contributed by atoms with Gasteiger partial charge in [0.25, 0.3) is 0 Å². The minimum absolute atomic E-state index is 0.0909. The molecule has 2 rings (SSSR count). The van der Waals surface area contributed by atoms with Gasteiger partial charge in [0, 0.05) is 18.5 Å². The summed E-state index contributed by atoms with van der Waals surface area (Å²) in [5, 5.41) is 0. The summed E-state index contributed by atoms with van der Waals surface area (Å²) in [6.45, 7) is 6.94. The number of hydrogen-bond acceptors (Lipinski definition) is 2. The van der Waals surface area contributed by atoms with E-state index in [1.807, 2.05) is 19.9 Å². The summed E-state index contributed by atoms with van der Waals surface area (Å²) in [4.78, 5) is 14.3. The SMILES string of the molecule is COc1ccc(CC2CCCN2C(=O)C(C)C)cc1C. The summed E-state index contributed by atoms with van der Waals surface area (Å²) < 4.78 is 5.30. The predicted octanol–water partition coefficient (Wildman–Crippen LogP) is 3.19. The van der Waals surface area contributed by atoms with E-state index in [0.717, 1.165) is 37.1 Å². The number of likely N-dealkylation sites (tertiary alicyclic amines) is 1. The Bertz CT molecular complexity index is 482. The number of aryl methyl sites for hydroxylation is 1. The quantitative estimate of drug-likeness (QED) is 0.844. The number of nitrogens with zero attached hydrogens (tertiary/aromatic N) is 1. The molecule has 0 N–H and O–H groups in total. The molecule has 1 atom stereocenters. The van der Waals surface area contributed by atoms with Gasteiger partial charge in [-0.25, -0.2) is 0 Å². The molecule has 1 amide bonds. The molecular formula is C17H25NO2. The number of carbonyl (C=O) groups is 1. The van der Waals surface area contributed by atoms with Crippen molar-refractivity contribution in [2.24, 2.45) is 5.92 Å². The van der Waals surface area contributed by atoms with Crippen LogP contribution in [0.4, 0.5) is 0 Å². The zero-order valence-electron chi connectivity index (χ0n) is 13.0. The van der Waals surface area contributed by atoms with Crippen LogP contribution in [0.1, 0.15) is 37.8 Å². The molecule has 0 bridgehead atoms. The third kappa shape index (κ3) is 3.14. The molecule has 1 saturated heterocycles. The third-order valence-electron chi connectivity index (χ3n) is 4.08. The van der Waals surface area contributed by atoms with Crippen molar-refractivity contribution in [3.8, 4) is 5.75 Å². The van der Waals surface area contributed by atoms with Gasteiger partial charge in [0.1, 0.15) is 5.75 Å². The zero-order valence-corrected chi connectivity index (χ0v) is 13.0. The molecule has 1 aliphatic heterocycles. The summed E-state index contributed by atoms with van der Waals surface area (Å²) in [7, 11) is 1.70. The van der Waals surface area contributed by atoms with E-state index in [4.69, 9.17) is 4.74 Å². The average molecular weight is 275 g/mol. The topological polar surface area (TPSA) is 29.5 Å². The highest BCUT2D eigenvalue weighted by atomic mass is 16.5. The van der Waals surface area contributed by atoms with Gasteiger partial charge in [-0.05, 0) is 43.4 Å². The van der Waals surface area contributed by atoms with Gasteiger partial charge in [-0.2, -0.15) is 0 Å². The van der Waals surface area contributed by atoms with Crippen LogP contribution in [0.3, 0.4) is 0 Å². The molecule has 110 valence electrons. The van der Waals surface area contributed by atoms with Crippen LogP contribution < -0.4 is 4.74 Å². The Hall–Kier alpha value is -1.51. The van der Waals surface area contributed by atoms with E-state index in [0.29, 0.717) is 6.04 Å². The molecule has 3 heteroatoms. The smallest absolute Gasteiger partial charge is 0.225 e. The van der Waals surface area contributed by atoms with Crippen molar-refractivity contribution in [3.63, 3.8) is 0 Å². The molecule has 1 aliphatic rings. The van der Waals surface area contributed by atoms with Gasteiger partial charge in [0.15, 0.2) is 0 Å². The molecule has 1 aromatic carbocycles. The first kappa shape index (κ1) is 14.9. The summed E-state index contributed by atoms with van der Waals surface area (Å²) >= 11 is 0. The largest absolute Gasteiger partial charge is 0.496 e. The van der Waals surface area contributed by atoms with E-state index in [-0.39, 0.29) is 11.8 Å². The number of hydrogen-bond donors (Lipinski definition) is 0. The first-order chi connectivity index (χ1) is 9.52. The summed E-state index contributed by atoms with van der Waals surface area (Å²) in [6.07, 6.45) is 3.19. The lowest BCUT2D eigenvalue weighted by molar-refractivity contribution is -0.135. The van der Waals surface area contributed by atoms with E-state index >= 15 is 0 Å². The summed E-state index contributed by atoms with van der Waals surface area (Å²) in [5.41, 5.74) is 2.45. The van der Waals surface area contributed by atoms with Gasteiger partial charge in [-0.1, -0.05) is 26.0 Å². The molecule has 0 aliphatic carbocycles. The van der Waals surface area contributed by atoms with Crippen LogP contribution in [0, 0.1) is 12.8 Å². The van der Waals surface area contributed by atoms with Crippen LogP contribution in [0.25, 0.3) is 0 Å². The summed E-state index contributed by atoms with van der Waals surface area (Å²) in [5.74, 6) is 1.31. The molecule has 1 unspecified atom stereocenters. The fourth-order valence-corrected chi connectivity index (χ4v) is 3.01. The maximum atomic E-state index is 12.2. The molecule has 0 saturated carbocycles. The maximum absolute atomic E-state index is 12.2. The molecule has 3 nitrogen and oxygen atoms in total. The number of benzene rings is 1. The second-order valence-corrected chi connectivity index (χ2v) is 5.99. The average Bonchev–Trinajstić information content (AvgIpc) is 2.86. The molecule has 0 radical (unpaired) electrons. The third-order valence-corrected chi connectivity index (χ3v) is 4.08. The van der Waals surface area contributed by atoms with Crippen LogP contribution >= 0.6 is 0 Å². The number of amides is 1. The van der Waals surface area contributed by atoms with Gasteiger partial charge in [-0.3, -0.25) is 4.79 Å². The number of rotatable bonds is 4. The Morgan fingerprint density at radius 2 is 2.20 bits per heavy atom. The molecule has 0 aromatic heterocycles. The second kappa shape index (κ2) is 6.29. The Balaban J connectivity index is 2.09. The van der Waals surface area contributed by atoms with Gasteiger partial charge >= 0.3 is 0 Å². The highest BCUT2D eigenvalue weighted by Crippen LogP contribution is 2.25. The Kier molecular flexibility index (Phi) is 4.69. The van der Waals surface area contributed by atoms with Crippen LogP contribution in [0.5, 0.6) is 5.75 Å². The minimum Gasteiger partial charge on any atom is -0.496 e. The normalized spacial score (nSPS) is 18.6. The first-order valence-electron chi connectivity index (χ1n) is 7.47. The van der Waals surface area contributed by atoms with Crippen molar-refractivity contribution in [2.75, 3.05) is 13.7 Å². The molecule has 1 fully saturated rings. The van der Waals surface area contributed by atoms with E-state index in [2.05, 4.69) is 24.0 Å². The number of methoxy groups -OCH3 is 1. The van der Waals surface area contributed by atoms with E-state index < -0.39 is 0 Å². The molecule has 0 spiro atoms. The number of ether oxygens (including phenoxy) is 1. The standard InChI is InChI=1S/C17H25NO2/c1-12(2)17(19)18-9-5-6-15(18)11-14-7-8-16(20-4)13(3)10-14/h7-8,10,12,15H,5-6,9,11H2,1-4H3. The lowest BCUT2D eigenvalue weighted by Gasteiger charge is -2.26. The zero-order chi connectivity index (χ0) is 14.7. The Morgan fingerprint density at radius 3 is 2.80 bits per heavy atom. The molecule has 1 heterocycles. The molecule has 1 aromatic rings. The van der Waals surface area contributed by atoms with Crippen molar-refractivity contribution < 1.29 is 9.53 Å². The van der Waals surface area contributed by atoms with Crippen LogP contribution in [0.15, 0.2) is 18.2 Å². The molecule has 20 heavy (non-hydrogen) atoms. The lowest BCUT2D eigenvalue weighted by Crippen LogP contribution is -2.39. The Morgan fingerprint density at radius 1 is 1.45 bits per heavy atom. The fraction of sp³-hybridized carbons (Fsp3) is 0.588. The van der Waals surface area contributed by atoms with Crippen LogP contribution in [-0.2, 0) is 11.2 Å². The van der Waals surface area contributed by atoms with Crippen molar-refractivity contribution in [1.29, 1.82) is 0 Å². The second-order valence-electron chi connectivity index (χ2n) is 5.99. The fourth-order valence-electron chi connectivity index (χ4n) is 3.01. The van der Waals surface area contributed by atoms with Crippen molar-refractivity contribution in [3.05, 3.63) is 29.3 Å². The van der Waals surface area contributed by atoms with Crippen LogP contribution in [-0.4, -0.2) is 30.5 Å². The summed E-state index contributed by atoms with van der Waals surface area (Å²) in [6, 6.07) is 6.67. The lowest BCUT2D eigenvalue weighted by atomic mass is 10.0. The van der Waals surface area contributed by atoms with Gasteiger partial charge in [0.2, 0.25) is 5.91 Å². The predicted molar refractivity (Wildman–Crippen MR) is 81.0 cm³/mol. The molecular weight excluding hydrogens is 250 g/mol. The number of carbonyl (C=O) groups excluding carboxylic acids is 1. The van der Waals surface area contributed by atoms with Gasteiger partial charge in [0.05, 0.1) is 7.11 Å². The highest BCUT2D eigenvalue weighted by Gasteiger charge is 2.29. The van der Waals surface area contributed by atoms with Crippen molar-refractivity contribution in [1.82, 2.24) is 4.90 Å². The highest BCUT2D eigenvalue weighted by molar-refractivity contribution is 5.78. The van der Waals surface area contributed by atoms with E-state index in [1.54, 1.807) is 7.11 Å². The van der Waals surface area contributed by atoms with Crippen molar-refractivity contribution >= 4 is 5.91 Å². The van der Waals surface area contributed by atoms with Crippen LogP contribution in [0.2, 0.25) is 0 Å². The maximum Gasteiger partial charge on any atom is 0.225 e. The first-order valence-corrected chi connectivity index (χ1v) is 7.47. The van der Waals surface area contributed by atoms with E-state index in [9.17, 15) is 4.79 Å². The van der Waals surface area contributed by atoms with Gasteiger partial charge < -0.3 is 9.64 Å². The minimum atomic E-state index is 0.0909. The monoisotopic (exact) mass is 275 g/mol. The van der Waals surface area contributed by atoms with E-state index in [1.165, 1.54) is 5.56 Å².